The van der Waals surface area contributed by atoms with Crippen molar-refractivity contribution in [1.29, 1.82) is 0 Å². The molecule has 6 heteroatoms. The van der Waals surface area contributed by atoms with E-state index in [1.165, 1.54) is 18.3 Å². The molecule has 0 atom stereocenters. The fourth-order valence-electron chi connectivity index (χ4n) is 2.10. The van der Waals surface area contributed by atoms with Crippen molar-refractivity contribution in [2.45, 2.75) is 20.3 Å². The van der Waals surface area contributed by atoms with Gasteiger partial charge in [0.1, 0.15) is 5.82 Å². The fraction of sp³-hybridized carbons (Fsp3) is 0.211. The first kappa shape index (κ1) is 18.3. The smallest absolute Gasteiger partial charge is 0.271 e. The summed E-state index contributed by atoms with van der Waals surface area (Å²) in [4.78, 5) is 23.7. The SMILES string of the molecule is CC(C)CC(=O)Nc1ccc(C(=O)N/N=C/c2cccc(F)c2)cc1. The molecule has 0 heterocycles. The second kappa shape index (κ2) is 8.73. The van der Waals surface area contributed by atoms with E-state index in [1.807, 2.05) is 13.8 Å². The molecular formula is C19H20FN3O2. The molecular weight excluding hydrogens is 321 g/mol. The highest BCUT2D eigenvalue weighted by molar-refractivity contribution is 5.96. The van der Waals surface area contributed by atoms with Gasteiger partial charge in [-0.2, -0.15) is 5.10 Å². The van der Waals surface area contributed by atoms with Crippen LogP contribution in [0.15, 0.2) is 53.6 Å². The van der Waals surface area contributed by atoms with Gasteiger partial charge in [-0.05, 0) is 47.9 Å². The van der Waals surface area contributed by atoms with Crippen LogP contribution in [0.25, 0.3) is 0 Å². The number of hydrogen-bond acceptors (Lipinski definition) is 3. The molecule has 0 aromatic heterocycles. The predicted molar refractivity (Wildman–Crippen MR) is 96.0 cm³/mol. The minimum Gasteiger partial charge on any atom is -0.326 e. The maximum Gasteiger partial charge on any atom is 0.271 e. The van der Waals surface area contributed by atoms with Crippen molar-refractivity contribution in [2.75, 3.05) is 5.32 Å². The molecule has 25 heavy (non-hydrogen) atoms. The Balaban J connectivity index is 1.90. The quantitative estimate of drug-likeness (QED) is 0.623. The summed E-state index contributed by atoms with van der Waals surface area (Å²) in [5.74, 6) is -0.550. The molecule has 2 N–H and O–H groups in total. The number of benzene rings is 2. The van der Waals surface area contributed by atoms with Crippen LogP contribution in [0.1, 0.15) is 36.2 Å². The van der Waals surface area contributed by atoms with E-state index in [4.69, 9.17) is 0 Å². The second-order valence-corrected chi connectivity index (χ2v) is 5.98. The van der Waals surface area contributed by atoms with E-state index < -0.39 is 5.91 Å². The molecule has 0 fully saturated rings. The Morgan fingerprint density at radius 1 is 1.16 bits per heavy atom. The molecule has 130 valence electrons. The lowest BCUT2D eigenvalue weighted by Gasteiger charge is -2.07. The maximum absolute atomic E-state index is 13.0. The van der Waals surface area contributed by atoms with Crippen LogP contribution in [0.2, 0.25) is 0 Å². The monoisotopic (exact) mass is 341 g/mol. The van der Waals surface area contributed by atoms with Crippen LogP contribution in [0.4, 0.5) is 10.1 Å². The third-order valence-corrected chi connectivity index (χ3v) is 3.25. The summed E-state index contributed by atoms with van der Waals surface area (Å²) in [7, 11) is 0. The van der Waals surface area contributed by atoms with Crippen molar-refractivity contribution in [3.05, 3.63) is 65.5 Å². The molecule has 2 aromatic rings. The number of nitrogens with zero attached hydrogens (tertiary/aromatic N) is 1. The lowest BCUT2D eigenvalue weighted by molar-refractivity contribution is -0.116. The van der Waals surface area contributed by atoms with Crippen LogP contribution < -0.4 is 10.7 Å². The number of hydrazone groups is 1. The molecule has 0 aliphatic carbocycles. The van der Waals surface area contributed by atoms with Crippen molar-refractivity contribution in [2.24, 2.45) is 11.0 Å². The molecule has 0 spiro atoms. The van der Waals surface area contributed by atoms with Gasteiger partial charge in [-0.15, -0.1) is 0 Å². The van der Waals surface area contributed by atoms with E-state index in [-0.39, 0.29) is 17.6 Å². The fourth-order valence-corrected chi connectivity index (χ4v) is 2.10. The summed E-state index contributed by atoms with van der Waals surface area (Å²) < 4.78 is 13.0. The number of anilines is 1. The zero-order valence-corrected chi connectivity index (χ0v) is 14.1. The minimum absolute atomic E-state index is 0.0631. The van der Waals surface area contributed by atoms with E-state index in [0.29, 0.717) is 23.2 Å². The van der Waals surface area contributed by atoms with E-state index in [9.17, 15) is 14.0 Å². The number of carbonyl (C=O) groups excluding carboxylic acids is 2. The highest BCUT2D eigenvalue weighted by Crippen LogP contribution is 2.11. The minimum atomic E-state index is -0.396. The van der Waals surface area contributed by atoms with Crippen LogP contribution in [-0.4, -0.2) is 18.0 Å². The Hall–Kier alpha value is -3.02. The van der Waals surface area contributed by atoms with Gasteiger partial charge in [-0.3, -0.25) is 9.59 Å². The number of amides is 2. The summed E-state index contributed by atoms with van der Waals surface area (Å²) in [6.07, 6.45) is 1.80. The van der Waals surface area contributed by atoms with Gasteiger partial charge in [0.15, 0.2) is 0 Å². The highest BCUT2D eigenvalue weighted by atomic mass is 19.1. The second-order valence-electron chi connectivity index (χ2n) is 5.98. The van der Waals surface area contributed by atoms with E-state index >= 15 is 0 Å². The van der Waals surface area contributed by atoms with Crippen LogP contribution in [0, 0.1) is 11.7 Å². The third-order valence-electron chi connectivity index (χ3n) is 3.25. The van der Waals surface area contributed by atoms with Crippen LogP contribution in [-0.2, 0) is 4.79 Å². The van der Waals surface area contributed by atoms with Gasteiger partial charge in [0.2, 0.25) is 5.91 Å². The molecule has 0 aliphatic rings. The Labute approximate surface area is 145 Å². The Morgan fingerprint density at radius 2 is 1.88 bits per heavy atom. The molecule has 2 aromatic carbocycles. The Morgan fingerprint density at radius 3 is 2.52 bits per heavy atom. The zero-order valence-electron chi connectivity index (χ0n) is 14.1. The Kier molecular flexibility index (Phi) is 6.39. The Bertz CT molecular complexity index is 770. The van der Waals surface area contributed by atoms with Crippen molar-refractivity contribution >= 4 is 23.7 Å². The normalized spacial score (nSPS) is 10.9. The van der Waals surface area contributed by atoms with Gasteiger partial charge < -0.3 is 5.32 Å². The first-order valence-corrected chi connectivity index (χ1v) is 7.93. The summed E-state index contributed by atoms with van der Waals surface area (Å²) in [6.45, 7) is 3.94. The van der Waals surface area contributed by atoms with Gasteiger partial charge in [-0.1, -0.05) is 26.0 Å². The van der Waals surface area contributed by atoms with E-state index in [2.05, 4.69) is 15.8 Å². The van der Waals surface area contributed by atoms with Crippen molar-refractivity contribution in [3.8, 4) is 0 Å². The molecule has 0 unspecified atom stereocenters. The van der Waals surface area contributed by atoms with Gasteiger partial charge in [0, 0.05) is 17.7 Å². The average molecular weight is 341 g/mol. The molecule has 5 nitrogen and oxygen atoms in total. The first-order chi connectivity index (χ1) is 11.9. The largest absolute Gasteiger partial charge is 0.326 e. The van der Waals surface area contributed by atoms with E-state index in [1.54, 1.807) is 36.4 Å². The molecule has 0 radical (unpaired) electrons. The molecule has 0 saturated carbocycles. The molecule has 0 aliphatic heterocycles. The number of nitrogens with one attached hydrogen (secondary N) is 2. The molecule has 0 bridgehead atoms. The van der Waals surface area contributed by atoms with Crippen LogP contribution >= 0.6 is 0 Å². The van der Waals surface area contributed by atoms with E-state index in [0.717, 1.165) is 0 Å². The number of hydrogen-bond donors (Lipinski definition) is 2. The summed E-state index contributed by atoms with van der Waals surface area (Å²) >= 11 is 0. The number of halogens is 1. The molecule has 2 amide bonds. The summed E-state index contributed by atoms with van der Waals surface area (Å²) in [6, 6.07) is 12.4. The van der Waals surface area contributed by atoms with Gasteiger partial charge in [-0.25, -0.2) is 9.82 Å². The lowest BCUT2D eigenvalue weighted by Crippen LogP contribution is -2.18. The van der Waals surface area contributed by atoms with Gasteiger partial charge >= 0.3 is 0 Å². The molecule has 0 saturated heterocycles. The highest BCUT2D eigenvalue weighted by Gasteiger charge is 2.07. The number of carbonyl (C=O) groups is 2. The average Bonchev–Trinajstić information content (AvgIpc) is 2.54. The summed E-state index contributed by atoms with van der Waals surface area (Å²) in [5, 5.41) is 6.58. The van der Waals surface area contributed by atoms with Gasteiger partial charge in [0.25, 0.3) is 5.91 Å². The number of rotatable bonds is 6. The third kappa shape index (κ3) is 6.18. The van der Waals surface area contributed by atoms with Crippen LogP contribution in [0.5, 0.6) is 0 Å². The van der Waals surface area contributed by atoms with Crippen molar-refractivity contribution < 1.29 is 14.0 Å². The first-order valence-electron chi connectivity index (χ1n) is 7.93. The zero-order chi connectivity index (χ0) is 18.2. The maximum atomic E-state index is 13.0. The van der Waals surface area contributed by atoms with Crippen molar-refractivity contribution in [3.63, 3.8) is 0 Å². The standard InChI is InChI=1S/C19H20FN3O2/c1-13(2)10-18(24)22-17-8-6-15(7-9-17)19(25)23-21-12-14-4-3-5-16(20)11-14/h3-9,11-13H,10H2,1-2H3,(H,22,24)(H,23,25)/b21-12+. The topological polar surface area (TPSA) is 70.6 Å². The lowest BCUT2D eigenvalue weighted by atomic mass is 10.1. The van der Waals surface area contributed by atoms with Crippen molar-refractivity contribution in [1.82, 2.24) is 5.43 Å². The predicted octanol–water partition coefficient (Wildman–Crippen LogP) is 3.57. The molecule has 2 rings (SSSR count). The van der Waals surface area contributed by atoms with Gasteiger partial charge in [0.05, 0.1) is 6.21 Å². The summed E-state index contributed by atoms with van der Waals surface area (Å²) in [5.41, 5.74) is 3.95. The van der Waals surface area contributed by atoms with Crippen LogP contribution in [0.3, 0.4) is 0 Å².